The van der Waals surface area contributed by atoms with Crippen LogP contribution in [-0.4, -0.2) is 64.7 Å². The summed E-state index contributed by atoms with van der Waals surface area (Å²) >= 11 is 0. The lowest BCUT2D eigenvalue weighted by Gasteiger charge is -2.40. The zero-order valence-corrected chi connectivity index (χ0v) is 17.7. The number of carbonyl (C=O) groups is 1. The first kappa shape index (κ1) is 25.3. The molecule has 7 heteroatoms. The van der Waals surface area contributed by atoms with Gasteiger partial charge in [-0.05, 0) is 20.3 Å². The van der Waals surface area contributed by atoms with Gasteiger partial charge in [-0.2, -0.15) is 0 Å². The number of unbranched alkanes of at least 4 members (excludes halogenated alkanes) is 8. The van der Waals surface area contributed by atoms with Gasteiger partial charge in [0.25, 0.3) is 0 Å². The highest BCUT2D eigenvalue weighted by Gasteiger charge is 2.45. The van der Waals surface area contributed by atoms with E-state index in [2.05, 4.69) is 6.92 Å². The van der Waals surface area contributed by atoms with Crippen LogP contribution < -0.4 is 0 Å². The monoisotopic (exact) mass is 404 g/mol. The van der Waals surface area contributed by atoms with Crippen molar-refractivity contribution in [2.45, 2.75) is 122 Å². The summed E-state index contributed by atoms with van der Waals surface area (Å²) in [6, 6.07) is 0. The third-order valence-electron chi connectivity index (χ3n) is 4.97. The first-order valence-corrected chi connectivity index (χ1v) is 10.9. The number of carbonyl (C=O) groups excluding carboxylic acids is 1. The Morgan fingerprint density at radius 1 is 0.893 bits per heavy atom. The summed E-state index contributed by atoms with van der Waals surface area (Å²) in [7, 11) is 0. The Morgan fingerprint density at radius 2 is 1.46 bits per heavy atom. The molecule has 0 amide bonds. The number of hydrogen-bond donors (Lipinski definition) is 3. The van der Waals surface area contributed by atoms with Gasteiger partial charge in [0.05, 0.1) is 6.10 Å². The Balaban J connectivity index is 2.19. The maximum absolute atomic E-state index is 11.9. The lowest BCUT2D eigenvalue weighted by atomic mass is 9.99. The van der Waals surface area contributed by atoms with Crippen LogP contribution in [0.1, 0.15) is 85.0 Å². The zero-order valence-electron chi connectivity index (χ0n) is 17.7. The molecular weight excluding hydrogens is 364 g/mol. The van der Waals surface area contributed by atoms with Crippen LogP contribution in [0, 0.1) is 0 Å². The van der Waals surface area contributed by atoms with E-state index in [0.717, 1.165) is 19.3 Å². The van der Waals surface area contributed by atoms with Crippen molar-refractivity contribution >= 4 is 5.97 Å². The molecule has 1 aliphatic rings. The molecule has 0 radical (unpaired) electrons. The van der Waals surface area contributed by atoms with E-state index in [1.807, 2.05) is 0 Å². The molecule has 28 heavy (non-hydrogen) atoms. The molecule has 0 aromatic carbocycles. The van der Waals surface area contributed by atoms with E-state index in [4.69, 9.17) is 14.2 Å². The maximum atomic E-state index is 11.9. The van der Waals surface area contributed by atoms with Crippen molar-refractivity contribution in [3.63, 3.8) is 0 Å². The maximum Gasteiger partial charge on any atom is 0.305 e. The second-order valence-electron chi connectivity index (χ2n) is 7.96. The number of aliphatic hydroxyl groups is 3. The molecule has 0 bridgehead atoms. The number of hydrogen-bond acceptors (Lipinski definition) is 7. The molecule has 0 aliphatic carbocycles. The summed E-state index contributed by atoms with van der Waals surface area (Å²) in [4.78, 5) is 11.9. The minimum atomic E-state index is -1.42. The number of ether oxygens (including phenoxy) is 3. The molecule has 3 N–H and O–H groups in total. The molecule has 7 nitrogen and oxygen atoms in total. The average molecular weight is 405 g/mol. The number of esters is 1. The molecule has 5 atom stereocenters. The van der Waals surface area contributed by atoms with Gasteiger partial charge in [-0.25, -0.2) is 0 Å². The highest BCUT2D eigenvalue weighted by atomic mass is 16.7. The first-order valence-electron chi connectivity index (χ1n) is 10.9. The number of rotatable bonds is 14. The van der Waals surface area contributed by atoms with Crippen LogP contribution in [0.2, 0.25) is 0 Å². The van der Waals surface area contributed by atoms with Crippen LogP contribution in [0.15, 0.2) is 0 Å². The molecular formula is C21H40O7. The molecule has 0 aromatic rings. The summed E-state index contributed by atoms with van der Waals surface area (Å²) in [6.45, 7) is 5.57. The van der Waals surface area contributed by atoms with Gasteiger partial charge in [-0.1, -0.05) is 58.3 Å². The van der Waals surface area contributed by atoms with Crippen LogP contribution in [-0.2, 0) is 19.0 Å². The fourth-order valence-electron chi connectivity index (χ4n) is 3.26. The van der Waals surface area contributed by atoms with Gasteiger partial charge in [0, 0.05) is 6.42 Å². The van der Waals surface area contributed by atoms with Crippen molar-refractivity contribution in [1.29, 1.82) is 0 Å². The highest BCUT2D eigenvalue weighted by molar-refractivity contribution is 5.69. The predicted octanol–water partition coefficient (Wildman–Crippen LogP) is 2.68. The second-order valence-corrected chi connectivity index (χ2v) is 7.96. The SMILES string of the molecule is CCCCCCCCCCCC(=O)OC[C@H]1OC(OC(C)C)[C@H](O)[C@@H](O)[C@@H]1O. The van der Waals surface area contributed by atoms with E-state index < -0.39 is 30.7 Å². The third kappa shape index (κ3) is 9.65. The number of aliphatic hydroxyl groups excluding tert-OH is 3. The Kier molecular flexibility index (Phi) is 12.9. The molecule has 1 saturated heterocycles. The second kappa shape index (κ2) is 14.3. The van der Waals surface area contributed by atoms with Crippen molar-refractivity contribution < 1.29 is 34.3 Å². The van der Waals surface area contributed by atoms with Crippen molar-refractivity contribution in [3.8, 4) is 0 Å². The Labute approximate surface area is 169 Å². The molecule has 0 spiro atoms. The van der Waals surface area contributed by atoms with Gasteiger partial charge in [0.2, 0.25) is 0 Å². The van der Waals surface area contributed by atoms with E-state index in [1.54, 1.807) is 13.8 Å². The van der Waals surface area contributed by atoms with Crippen LogP contribution in [0.25, 0.3) is 0 Å². The first-order chi connectivity index (χ1) is 13.4. The standard InChI is InChI=1S/C21H40O7/c1-4-5-6-7-8-9-10-11-12-13-17(22)26-14-16-18(23)19(24)20(25)21(28-16)27-15(2)3/h15-16,18-21,23-25H,4-14H2,1-3H3/t16-,18-,19+,20-,21?/m1/s1. The fraction of sp³-hybridized carbons (Fsp3) is 0.952. The molecule has 0 aromatic heterocycles. The quantitative estimate of drug-likeness (QED) is 0.302. The minimum absolute atomic E-state index is 0.181. The van der Waals surface area contributed by atoms with E-state index in [0.29, 0.717) is 6.42 Å². The van der Waals surface area contributed by atoms with Crippen LogP contribution in [0.3, 0.4) is 0 Å². The smallest absolute Gasteiger partial charge is 0.305 e. The van der Waals surface area contributed by atoms with E-state index in [-0.39, 0.29) is 18.7 Å². The molecule has 1 fully saturated rings. The molecule has 1 aliphatic heterocycles. The van der Waals surface area contributed by atoms with Gasteiger partial charge in [-0.15, -0.1) is 0 Å². The normalized spacial score (nSPS) is 27.9. The van der Waals surface area contributed by atoms with Crippen molar-refractivity contribution in [3.05, 3.63) is 0 Å². The van der Waals surface area contributed by atoms with E-state index in [9.17, 15) is 20.1 Å². The van der Waals surface area contributed by atoms with Gasteiger partial charge in [0.1, 0.15) is 31.0 Å². The summed E-state index contributed by atoms with van der Waals surface area (Å²) in [5.41, 5.74) is 0. The summed E-state index contributed by atoms with van der Waals surface area (Å²) in [5, 5.41) is 29.9. The summed E-state index contributed by atoms with van der Waals surface area (Å²) < 4.78 is 16.1. The fourth-order valence-corrected chi connectivity index (χ4v) is 3.26. The lowest BCUT2D eigenvalue weighted by Crippen LogP contribution is -2.59. The van der Waals surface area contributed by atoms with Crippen molar-refractivity contribution in [1.82, 2.24) is 0 Å². The largest absolute Gasteiger partial charge is 0.463 e. The molecule has 0 saturated carbocycles. The topological polar surface area (TPSA) is 105 Å². The van der Waals surface area contributed by atoms with E-state index in [1.165, 1.54) is 38.5 Å². The van der Waals surface area contributed by atoms with Gasteiger partial charge in [-0.3, -0.25) is 4.79 Å². The molecule has 1 rings (SSSR count). The van der Waals surface area contributed by atoms with Crippen LogP contribution >= 0.6 is 0 Å². The Hall–Kier alpha value is -0.730. The Bertz CT molecular complexity index is 416. The minimum Gasteiger partial charge on any atom is -0.463 e. The summed E-state index contributed by atoms with van der Waals surface area (Å²) in [6.07, 6.45) is 4.53. The summed E-state index contributed by atoms with van der Waals surface area (Å²) in [5.74, 6) is -0.347. The van der Waals surface area contributed by atoms with Gasteiger partial charge in [0.15, 0.2) is 6.29 Å². The predicted molar refractivity (Wildman–Crippen MR) is 106 cm³/mol. The van der Waals surface area contributed by atoms with Crippen LogP contribution in [0.5, 0.6) is 0 Å². The molecule has 166 valence electrons. The van der Waals surface area contributed by atoms with Crippen molar-refractivity contribution in [2.24, 2.45) is 0 Å². The lowest BCUT2D eigenvalue weighted by molar-refractivity contribution is -0.309. The van der Waals surface area contributed by atoms with Gasteiger partial charge < -0.3 is 29.5 Å². The third-order valence-corrected chi connectivity index (χ3v) is 4.97. The average Bonchev–Trinajstić information content (AvgIpc) is 2.65. The molecule has 1 unspecified atom stereocenters. The van der Waals surface area contributed by atoms with Crippen LogP contribution in [0.4, 0.5) is 0 Å². The zero-order chi connectivity index (χ0) is 20.9. The highest BCUT2D eigenvalue weighted by Crippen LogP contribution is 2.23. The van der Waals surface area contributed by atoms with E-state index >= 15 is 0 Å². The Morgan fingerprint density at radius 3 is 2.04 bits per heavy atom. The molecule has 1 heterocycles. The van der Waals surface area contributed by atoms with Crippen molar-refractivity contribution in [2.75, 3.05) is 6.61 Å². The van der Waals surface area contributed by atoms with Gasteiger partial charge >= 0.3 is 5.97 Å².